The summed E-state index contributed by atoms with van der Waals surface area (Å²) in [4.78, 5) is 20.1. The smallest absolute Gasteiger partial charge is 0.304 e. The highest BCUT2D eigenvalue weighted by Crippen LogP contribution is 2.29. The Balaban J connectivity index is 1.84. The standard InChI is InChI=1S/C19H17FN8O4S/c1-32-19-24-14-12(6-3-7-13(14)33(22,30)31)28(19)18-25-17(15(16(21)29)26-27-18)23-9-10-4-2-5-11(20)8-10/h2-8H,9H2,1H3,(H2,21,29)(H2,22,30,31)(H,23,25,27). The minimum Gasteiger partial charge on any atom is -0.468 e. The van der Waals surface area contributed by atoms with Crippen LogP contribution in [0.15, 0.2) is 47.4 Å². The molecule has 0 atom stereocenters. The Labute approximate surface area is 186 Å². The normalized spacial score (nSPS) is 11.5. The fourth-order valence-corrected chi connectivity index (χ4v) is 3.83. The van der Waals surface area contributed by atoms with Crippen LogP contribution in [-0.4, -0.2) is 46.2 Å². The molecular formula is C19H17FN8O4S. The van der Waals surface area contributed by atoms with Crippen LogP contribution in [0.2, 0.25) is 0 Å². The number of amides is 1. The summed E-state index contributed by atoms with van der Waals surface area (Å²) in [5.41, 5.74) is 6.02. The molecule has 1 amide bonds. The van der Waals surface area contributed by atoms with Gasteiger partial charge in [-0.3, -0.25) is 4.79 Å². The number of carbonyl (C=O) groups excluding carboxylic acids is 1. The lowest BCUT2D eigenvalue weighted by Gasteiger charge is -2.11. The maximum absolute atomic E-state index is 13.5. The predicted octanol–water partition coefficient (Wildman–Crippen LogP) is 0.717. The molecule has 4 rings (SSSR count). The number of primary amides is 1. The zero-order chi connectivity index (χ0) is 23.8. The highest BCUT2D eigenvalue weighted by molar-refractivity contribution is 7.89. The average molecular weight is 472 g/mol. The van der Waals surface area contributed by atoms with Gasteiger partial charge in [-0.1, -0.05) is 18.2 Å². The minimum absolute atomic E-state index is 0.0248. The first kappa shape index (κ1) is 22.0. The fraction of sp³-hybridized carbons (Fsp3) is 0.105. The number of ether oxygens (including phenoxy) is 1. The Morgan fingerprint density at radius 2 is 1.94 bits per heavy atom. The van der Waals surface area contributed by atoms with Gasteiger partial charge in [0.2, 0.25) is 10.0 Å². The quantitative estimate of drug-likeness (QED) is 0.349. The van der Waals surface area contributed by atoms with Crippen molar-refractivity contribution >= 4 is 32.8 Å². The molecule has 170 valence electrons. The number of carbonyl (C=O) groups is 1. The first-order chi connectivity index (χ1) is 15.7. The summed E-state index contributed by atoms with van der Waals surface area (Å²) < 4.78 is 44.0. The van der Waals surface area contributed by atoms with E-state index < -0.39 is 21.7 Å². The van der Waals surface area contributed by atoms with Crippen molar-refractivity contribution in [3.63, 3.8) is 0 Å². The summed E-state index contributed by atoms with van der Waals surface area (Å²) in [5.74, 6) is -1.43. The number of anilines is 1. The molecule has 4 aromatic rings. The molecule has 0 aliphatic heterocycles. The van der Waals surface area contributed by atoms with Gasteiger partial charge in [0.1, 0.15) is 16.2 Å². The summed E-state index contributed by atoms with van der Waals surface area (Å²) in [6.45, 7) is 0.105. The fourth-order valence-electron chi connectivity index (χ4n) is 3.15. The van der Waals surface area contributed by atoms with Gasteiger partial charge < -0.3 is 15.8 Å². The van der Waals surface area contributed by atoms with E-state index in [0.29, 0.717) is 5.56 Å². The van der Waals surface area contributed by atoms with Crippen LogP contribution >= 0.6 is 0 Å². The van der Waals surface area contributed by atoms with Crippen molar-refractivity contribution in [1.82, 2.24) is 24.7 Å². The first-order valence-electron chi connectivity index (χ1n) is 9.30. The minimum atomic E-state index is -4.08. The van der Waals surface area contributed by atoms with Crippen LogP contribution in [0, 0.1) is 5.82 Å². The van der Waals surface area contributed by atoms with Gasteiger partial charge in [-0.25, -0.2) is 22.5 Å². The second-order valence-electron chi connectivity index (χ2n) is 6.76. The van der Waals surface area contributed by atoms with E-state index in [1.165, 1.54) is 42.0 Å². The molecule has 0 spiro atoms. The molecule has 0 unspecified atom stereocenters. The van der Waals surface area contributed by atoms with E-state index >= 15 is 0 Å². The molecule has 0 saturated carbocycles. The number of nitrogens with two attached hydrogens (primary N) is 2. The Bertz CT molecular complexity index is 1490. The SMILES string of the molecule is COc1nc2c(S(N)(=O)=O)cccc2n1-c1nnc(C(N)=O)c(NCc2cccc(F)c2)n1. The van der Waals surface area contributed by atoms with E-state index in [-0.39, 0.29) is 45.9 Å². The number of fused-ring (bicyclic) bond motifs is 1. The van der Waals surface area contributed by atoms with Gasteiger partial charge in [0.05, 0.1) is 12.6 Å². The van der Waals surface area contributed by atoms with E-state index in [4.69, 9.17) is 15.6 Å². The summed E-state index contributed by atoms with van der Waals surface area (Å²) in [7, 11) is -2.76. The van der Waals surface area contributed by atoms with Gasteiger partial charge in [-0.05, 0) is 29.8 Å². The lowest BCUT2D eigenvalue weighted by molar-refractivity contribution is 0.0995. The number of para-hydroxylation sites is 1. The second kappa shape index (κ2) is 8.40. The third-order valence-corrected chi connectivity index (χ3v) is 5.51. The van der Waals surface area contributed by atoms with Crippen LogP contribution in [0.4, 0.5) is 10.2 Å². The molecule has 2 aromatic carbocycles. The van der Waals surface area contributed by atoms with Gasteiger partial charge >= 0.3 is 6.01 Å². The molecule has 5 N–H and O–H groups in total. The van der Waals surface area contributed by atoms with Crippen LogP contribution in [0.1, 0.15) is 16.1 Å². The number of nitrogens with zero attached hydrogens (tertiary/aromatic N) is 5. The lowest BCUT2D eigenvalue weighted by atomic mass is 10.2. The topological polar surface area (TPSA) is 181 Å². The zero-order valence-corrected chi connectivity index (χ0v) is 17.9. The number of benzene rings is 2. The third kappa shape index (κ3) is 4.28. The monoisotopic (exact) mass is 472 g/mol. The Hall–Kier alpha value is -4.17. The third-order valence-electron chi connectivity index (χ3n) is 4.56. The first-order valence-corrected chi connectivity index (χ1v) is 10.8. The molecule has 0 bridgehead atoms. The van der Waals surface area contributed by atoms with Crippen LogP contribution in [0.5, 0.6) is 6.01 Å². The number of aromatic nitrogens is 5. The van der Waals surface area contributed by atoms with Crippen molar-refractivity contribution in [2.24, 2.45) is 10.9 Å². The Kier molecular flexibility index (Phi) is 5.61. The van der Waals surface area contributed by atoms with Crippen molar-refractivity contribution in [2.45, 2.75) is 11.4 Å². The summed E-state index contributed by atoms with van der Waals surface area (Å²) in [6, 6.07) is 10.1. The maximum atomic E-state index is 13.5. The maximum Gasteiger partial charge on any atom is 0.304 e. The number of rotatable bonds is 7. The van der Waals surface area contributed by atoms with Gasteiger partial charge in [0.25, 0.3) is 11.9 Å². The average Bonchev–Trinajstić information content (AvgIpc) is 3.15. The van der Waals surface area contributed by atoms with E-state index in [1.54, 1.807) is 12.1 Å². The number of imidazole rings is 1. The molecule has 2 heterocycles. The zero-order valence-electron chi connectivity index (χ0n) is 17.1. The lowest BCUT2D eigenvalue weighted by Crippen LogP contribution is -2.20. The second-order valence-corrected chi connectivity index (χ2v) is 8.29. The molecule has 0 aliphatic rings. The summed E-state index contributed by atoms with van der Waals surface area (Å²) >= 11 is 0. The number of primary sulfonamides is 1. The van der Waals surface area contributed by atoms with Gasteiger partial charge in [-0.15, -0.1) is 10.2 Å². The van der Waals surface area contributed by atoms with Crippen LogP contribution in [0.25, 0.3) is 17.0 Å². The molecule has 0 aliphatic carbocycles. The number of hydrogen-bond donors (Lipinski definition) is 3. The van der Waals surface area contributed by atoms with Crippen LogP contribution in [0.3, 0.4) is 0 Å². The van der Waals surface area contributed by atoms with Crippen LogP contribution < -0.4 is 20.9 Å². The molecular weight excluding hydrogens is 455 g/mol. The van der Waals surface area contributed by atoms with Crippen molar-refractivity contribution in [1.29, 1.82) is 0 Å². The summed E-state index contributed by atoms with van der Waals surface area (Å²) in [6.07, 6.45) is 0. The van der Waals surface area contributed by atoms with Crippen molar-refractivity contribution in [2.75, 3.05) is 12.4 Å². The highest BCUT2D eigenvalue weighted by atomic mass is 32.2. The van der Waals surface area contributed by atoms with E-state index in [1.807, 2.05) is 0 Å². The molecule has 0 saturated heterocycles. The molecule has 0 fully saturated rings. The summed E-state index contributed by atoms with van der Waals surface area (Å²) in [5, 5.41) is 16.0. The number of hydrogen-bond acceptors (Lipinski definition) is 9. The Morgan fingerprint density at radius 1 is 1.18 bits per heavy atom. The predicted molar refractivity (Wildman–Crippen MR) is 115 cm³/mol. The van der Waals surface area contributed by atoms with Crippen molar-refractivity contribution in [3.05, 3.63) is 59.5 Å². The molecule has 14 heteroatoms. The molecule has 12 nitrogen and oxygen atoms in total. The molecule has 33 heavy (non-hydrogen) atoms. The number of nitrogens with one attached hydrogen (secondary N) is 1. The molecule has 2 aromatic heterocycles. The number of halogens is 1. The van der Waals surface area contributed by atoms with Crippen molar-refractivity contribution in [3.8, 4) is 12.0 Å². The molecule has 0 radical (unpaired) electrons. The largest absolute Gasteiger partial charge is 0.468 e. The number of sulfonamides is 1. The Morgan fingerprint density at radius 3 is 2.61 bits per heavy atom. The van der Waals surface area contributed by atoms with Gasteiger partial charge in [0.15, 0.2) is 11.5 Å². The van der Waals surface area contributed by atoms with Crippen LogP contribution in [-0.2, 0) is 16.6 Å². The van der Waals surface area contributed by atoms with Gasteiger partial charge in [0, 0.05) is 6.54 Å². The highest BCUT2D eigenvalue weighted by Gasteiger charge is 2.23. The number of methoxy groups -OCH3 is 1. The van der Waals surface area contributed by atoms with E-state index in [2.05, 4.69) is 25.5 Å². The van der Waals surface area contributed by atoms with E-state index in [0.717, 1.165) is 0 Å². The van der Waals surface area contributed by atoms with E-state index in [9.17, 15) is 17.6 Å². The van der Waals surface area contributed by atoms with Crippen molar-refractivity contribution < 1.29 is 22.3 Å². The van der Waals surface area contributed by atoms with Gasteiger partial charge in [-0.2, -0.15) is 9.97 Å².